The molecule has 1 atom stereocenters. The maximum absolute atomic E-state index is 12.5. The van der Waals surface area contributed by atoms with Crippen LogP contribution in [0.2, 0.25) is 0 Å². The molecule has 0 fully saturated rings. The van der Waals surface area contributed by atoms with Gasteiger partial charge in [-0.3, -0.25) is 9.59 Å². The molecule has 0 spiro atoms. The summed E-state index contributed by atoms with van der Waals surface area (Å²) in [7, 11) is 0. The molecular weight excluding hydrogens is 406 g/mol. The van der Waals surface area contributed by atoms with Gasteiger partial charge in [-0.2, -0.15) is 0 Å². The van der Waals surface area contributed by atoms with E-state index in [1.807, 2.05) is 54.6 Å². The van der Waals surface area contributed by atoms with E-state index < -0.39 is 12.0 Å². The molecule has 1 aliphatic rings. The first-order chi connectivity index (χ1) is 15.6. The number of fused-ring (bicyclic) bond motifs is 1. The lowest BCUT2D eigenvalue weighted by molar-refractivity contribution is -0.137. The van der Waals surface area contributed by atoms with E-state index in [0.717, 1.165) is 16.7 Å². The van der Waals surface area contributed by atoms with E-state index in [2.05, 4.69) is 5.32 Å². The minimum Gasteiger partial charge on any atom is -0.486 e. The highest BCUT2D eigenvalue weighted by Crippen LogP contribution is 2.33. The summed E-state index contributed by atoms with van der Waals surface area (Å²) in [5, 5.41) is 12.1. The number of nitrogens with one attached hydrogen (secondary N) is 1. The van der Waals surface area contributed by atoms with Crippen LogP contribution in [0.4, 0.5) is 0 Å². The Morgan fingerprint density at radius 1 is 0.906 bits per heavy atom. The second-order valence-corrected chi connectivity index (χ2v) is 7.38. The molecule has 6 heteroatoms. The number of hydrogen-bond acceptors (Lipinski definition) is 4. The lowest BCUT2D eigenvalue weighted by atomic mass is 10.0. The summed E-state index contributed by atoms with van der Waals surface area (Å²) in [6.07, 6.45) is 2.86. The van der Waals surface area contributed by atoms with Crippen molar-refractivity contribution in [3.05, 3.63) is 90.0 Å². The van der Waals surface area contributed by atoms with Gasteiger partial charge in [0.2, 0.25) is 5.91 Å². The van der Waals surface area contributed by atoms with Crippen molar-refractivity contribution >= 4 is 18.0 Å². The fourth-order valence-corrected chi connectivity index (χ4v) is 3.51. The van der Waals surface area contributed by atoms with Crippen LogP contribution in [-0.4, -0.2) is 30.2 Å². The predicted octanol–water partition coefficient (Wildman–Crippen LogP) is 4.47. The first-order valence-corrected chi connectivity index (χ1v) is 10.3. The van der Waals surface area contributed by atoms with Crippen molar-refractivity contribution in [1.29, 1.82) is 0 Å². The first-order valence-electron chi connectivity index (χ1n) is 10.3. The van der Waals surface area contributed by atoms with Gasteiger partial charge in [0, 0.05) is 6.08 Å². The third kappa shape index (κ3) is 5.35. The monoisotopic (exact) mass is 429 g/mol. The molecule has 0 saturated heterocycles. The second-order valence-electron chi connectivity index (χ2n) is 7.38. The van der Waals surface area contributed by atoms with Crippen LogP contribution >= 0.6 is 0 Å². The summed E-state index contributed by atoms with van der Waals surface area (Å²) in [5.41, 5.74) is 3.73. The van der Waals surface area contributed by atoms with Crippen molar-refractivity contribution in [3.8, 4) is 22.6 Å². The lowest BCUT2D eigenvalue weighted by Gasteiger charge is -2.22. The van der Waals surface area contributed by atoms with Gasteiger partial charge in [0.05, 0.1) is 12.5 Å². The molecule has 3 aromatic rings. The van der Waals surface area contributed by atoms with Crippen LogP contribution in [0.3, 0.4) is 0 Å². The number of carbonyl (C=O) groups is 2. The summed E-state index contributed by atoms with van der Waals surface area (Å²) in [6, 6.07) is 22.4. The van der Waals surface area contributed by atoms with E-state index >= 15 is 0 Å². The number of hydrogen-bond donors (Lipinski definition) is 2. The largest absolute Gasteiger partial charge is 0.486 e. The molecule has 3 aromatic carbocycles. The maximum Gasteiger partial charge on any atom is 0.305 e. The van der Waals surface area contributed by atoms with Crippen molar-refractivity contribution in [3.63, 3.8) is 0 Å². The molecule has 6 nitrogen and oxygen atoms in total. The molecule has 1 unspecified atom stereocenters. The number of ether oxygens (including phenoxy) is 2. The van der Waals surface area contributed by atoms with Crippen LogP contribution in [0, 0.1) is 0 Å². The van der Waals surface area contributed by atoms with Crippen LogP contribution in [0.5, 0.6) is 11.5 Å². The highest BCUT2D eigenvalue weighted by molar-refractivity contribution is 5.92. The van der Waals surface area contributed by atoms with E-state index in [1.165, 1.54) is 6.08 Å². The summed E-state index contributed by atoms with van der Waals surface area (Å²) in [4.78, 5) is 23.9. The van der Waals surface area contributed by atoms with Crippen LogP contribution < -0.4 is 14.8 Å². The van der Waals surface area contributed by atoms with Crippen LogP contribution in [0.1, 0.15) is 23.6 Å². The van der Waals surface area contributed by atoms with Crippen molar-refractivity contribution in [2.24, 2.45) is 0 Å². The number of benzene rings is 3. The molecular formula is C26H23NO5. The van der Waals surface area contributed by atoms with Crippen molar-refractivity contribution in [1.82, 2.24) is 5.32 Å². The van der Waals surface area contributed by atoms with Gasteiger partial charge >= 0.3 is 5.97 Å². The number of carboxylic acid groups (broad SMARTS) is 1. The molecule has 0 radical (unpaired) electrons. The first kappa shape index (κ1) is 21.2. The van der Waals surface area contributed by atoms with E-state index in [9.17, 15) is 14.7 Å². The third-order valence-electron chi connectivity index (χ3n) is 5.11. The van der Waals surface area contributed by atoms with E-state index in [1.54, 1.807) is 24.3 Å². The van der Waals surface area contributed by atoms with Crippen LogP contribution in [0.25, 0.3) is 17.2 Å². The zero-order valence-corrected chi connectivity index (χ0v) is 17.4. The quantitative estimate of drug-likeness (QED) is 0.542. The maximum atomic E-state index is 12.5. The Balaban J connectivity index is 1.44. The summed E-state index contributed by atoms with van der Waals surface area (Å²) < 4.78 is 11.1. The average molecular weight is 429 g/mol. The Morgan fingerprint density at radius 3 is 2.31 bits per heavy atom. The Labute approximate surface area is 186 Å². The van der Waals surface area contributed by atoms with Gasteiger partial charge in [-0.15, -0.1) is 0 Å². The van der Waals surface area contributed by atoms with Gasteiger partial charge in [-0.25, -0.2) is 0 Å². The molecule has 2 N–H and O–H groups in total. The topological polar surface area (TPSA) is 84.9 Å². The van der Waals surface area contributed by atoms with E-state index in [0.29, 0.717) is 30.3 Å². The molecule has 1 heterocycles. The Morgan fingerprint density at radius 2 is 1.59 bits per heavy atom. The fourth-order valence-electron chi connectivity index (χ4n) is 3.51. The number of aliphatic carboxylic acids is 1. The van der Waals surface area contributed by atoms with Crippen molar-refractivity contribution in [2.75, 3.05) is 13.2 Å². The molecule has 0 aromatic heterocycles. The number of rotatable bonds is 7. The summed E-state index contributed by atoms with van der Waals surface area (Å²) in [5.74, 6) is -0.226. The number of amides is 1. The van der Waals surface area contributed by atoms with Crippen molar-refractivity contribution < 1.29 is 24.2 Å². The van der Waals surface area contributed by atoms with Gasteiger partial charge < -0.3 is 19.9 Å². The van der Waals surface area contributed by atoms with E-state index in [4.69, 9.17) is 9.47 Å². The molecule has 0 saturated carbocycles. The molecule has 4 rings (SSSR count). The smallest absolute Gasteiger partial charge is 0.305 e. The third-order valence-corrected chi connectivity index (χ3v) is 5.11. The molecule has 1 aliphatic heterocycles. The normalized spacial score (nSPS) is 13.5. The molecule has 162 valence electrons. The van der Waals surface area contributed by atoms with Gasteiger partial charge in [0.15, 0.2) is 11.5 Å². The van der Waals surface area contributed by atoms with Crippen LogP contribution in [0.15, 0.2) is 78.9 Å². The molecule has 0 bridgehead atoms. The van der Waals surface area contributed by atoms with Gasteiger partial charge in [-0.1, -0.05) is 60.7 Å². The lowest BCUT2D eigenvalue weighted by Crippen LogP contribution is -2.29. The molecule has 0 aliphatic carbocycles. The number of carboxylic acids is 1. The highest BCUT2D eigenvalue weighted by Gasteiger charge is 2.20. The van der Waals surface area contributed by atoms with Crippen LogP contribution in [-0.2, 0) is 9.59 Å². The van der Waals surface area contributed by atoms with Gasteiger partial charge in [0.25, 0.3) is 0 Å². The van der Waals surface area contributed by atoms with Crippen molar-refractivity contribution in [2.45, 2.75) is 12.5 Å². The fraction of sp³-hybridized carbons (Fsp3) is 0.154. The highest BCUT2D eigenvalue weighted by atomic mass is 16.6. The minimum atomic E-state index is -1.01. The average Bonchev–Trinajstić information content (AvgIpc) is 2.82. The SMILES string of the molecule is O=C(O)CC(NC(=O)/C=C/c1ccc(-c2ccccc2)cc1)c1ccc2c(c1)OCCO2. The zero-order valence-electron chi connectivity index (χ0n) is 17.4. The predicted molar refractivity (Wildman–Crippen MR) is 121 cm³/mol. The second kappa shape index (κ2) is 9.83. The minimum absolute atomic E-state index is 0.245. The van der Waals surface area contributed by atoms with Gasteiger partial charge in [-0.05, 0) is 40.5 Å². The molecule has 1 amide bonds. The standard InChI is InChI=1S/C26H23NO5/c28-25(13-8-18-6-9-20(10-7-18)19-4-2-1-3-5-19)27-22(17-26(29)30)21-11-12-23-24(16-21)32-15-14-31-23/h1-13,16,22H,14-15,17H2,(H,27,28)(H,29,30)/b13-8+. The zero-order chi connectivity index (χ0) is 22.3. The Hall–Kier alpha value is -4.06. The Kier molecular flexibility index (Phi) is 6.51. The van der Waals surface area contributed by atoms with Gasteiger partial charge in [0.1, 0.15) is 13.2 Å². The summed E-state index contributed by atoms with van der Waals surface area (Å²) in [6.45, 7) is 0.900. The number of carbonyl (C=O) groups excluding carboxylic acids is 1. The van der Waals surface area contributed by atoms with E-state index in [-0.39, 0.29) is 12.3 Å². The molecule has 32 heavy (non-hydrogen) atoms. The Bertz CT molecular complexity index is 1120. The summed E-state index contributed by atoms with van der Waals surface area (Å²) >= 11 is 0.